The number of nitrogens with zero attached hydrogens (tertiary/aromatic N) is 1. The summed E-state index contributed by atoms with van der Waals surface area (Å²) < 4.78 is 0. The molecular formula is C8H14N2. The van der Waals surface area contributed by atoms with Gasteiger partial charge in [-0.1, -0.05) is 6.92 Å². The van der Waals surface area contributed by atoms with Crippen molar-refractivity contribution in [1.82, 2.24) is 5.32 Å². The molecule has 0 aromatic rings. The fourth-order valence-corrected chi connectivity index (χ4v) is 0.925. The van der Waals surface area contributed by atoms with Crippen molar-refractivity contribution < 1.29 is 0 Å². The molecule has 0 aromatic carbocycles. The quantitative estimate of drug-likeness (QED) is 0.594. The molecule has 0 aliphatic heterocycles. The predicted octanol–water partition coefficient (Wildman–Crippen LogP) is 1.29. The summed E-state index contributed by atoms with van der Waals surface area (Å²) in [5, 5.41) is 11.5. The van der Waals surface area contributed by atoms with Gasteiger partial charge in [0, 0.05) is 19.5 Å². The third kappa shape index (κ3) is 2.36. The normalized spacial score (nSPS) is 20.0. The van der Waals surface area contributed by atoms with Gasteiger partial charge in [0.15, 0.2) is 0 Å². The Labute approximate surface area is 62.2 Å². The van der Waals surface area contributed by atoms with Gasteiger partial charge in [-0.05, 0) is 18.3 Å². The Kier molecular flexibility index (Phi) is 2.29. The molecule has 10 heavy (non-hydrogen) atoms. The second-order valence-corrected chi connectivity index (χ2v) is 3.40. The van der Waals surface area contributed by atoms with E-state index in [4.69, 9.17) is 5.26 Å². The molecule has 1 N–H and O–H groups in total. The van der Waals surface area contributed by atoms with Crippen LogP contribution in [0.4, 0.5) is 0 Å². The summed E-state index contributed by atoms with van der Waals surface area (Å²) in [5.74, 6) is 0. The van der Waals surface area contributed by atoms with Crippen molar-refractivity contribution in [2.24, 2.45) is 5.41 Å². The number of hydrogen-bond acceptors (Lipinski definition) is 2. The van der Waals surface area contributed by atoms with Gasteiger partial charge in [-0.3, -0.25) is 0 Å². The fourth-order valence-electron chi connectivity index (χ4n) is 0.925. The molecular weight excluding hydrogens is 124 g/mol. The highest BCUT2D eigenvalue weighted by Gasteiger charge is 2.36. The average Bonchev–Trinajstić information content (AvgIpc) is 2.62. The minimum Gasteiger partial charge on any atom is -0.315 e. The largest absolute Gasteiger partial charge is 0.315 e. The first-order chi connectivity index (χ1) is 4.77. The maximum absolute atomic E-state index is 8.22. The Morgan fingerprint density at radius 1 is 1.60 bits per heavy atom. The lowest BCUT2D eigenvalue weighted by Crippen LogP contribution is -2.22. The summed E-state index contributed by atoms with van der Waals surface area (Å²) in [5.41, 5.74) is 0.579. The summed E-state index contributed by atoms with van der Waals surface area (Å²) in [6, 6.07) is 2.11. The molecule has 0 aromatic heterocycles. The van der Waals surface area contributed by atoms with E-state index in [9.17, 15) is 0 Å². The van der Waals surface area contributed by atoms with Crippen LogP contribution in [0.2, 0.25) is 0 Å². The highest BCUT2D eigenvalue weighted by atomic mass is 14.9. The van der Waals surface area contributed by atoms with Gasteiger partial charge < -0.3 is 5.32 Å². The molecule has 0 amide bonds. The zero-order chi connectivity index (χ0) is 7.45. The lowest BCUT2D eigenvalue weighted by molar-refractivity contribution is 0.504. The summed E-state index contributed by atoms with van der Waals surface area (Å²) in [6.07, 6.45) is 3.34. The molecule has 0 bridgehead atoms. The lowest BCUT2D eigenvalue weighted by atomic mass is 10.1. The predicted molar refractivity (Wildman–Crippen MR) is 40.4 cm³/mol. The summed E-state index contributed by atoms with van der Waals surface area (Å²) >= 11 is 0. The highest BCUT2D eigenvalue weighted by molar-refractivity contribution is 4.90. The van der Waals surface area contributed by atoms with Crippen molar-refractivity contribution >= 4 is 0 Å². The summed E-state index contributed by atoms with van der Waals surface area (Å²) in [7, 11) is 0. The van der Waals surface area contributed by atoms with Crippen LogP contribution in [0.15, 0.2) is 0 Å². The monoisotopic (exact) mass is 138 g/mol. The van der Waals surface area contributed by atoms with Crippen LogP contribution in [-0.4, -0.2) is 13.1 Å². The van der Waals surface area contributed by atoms with Gasteiger partial charge in [-0.2, -0.15) is 5.26 Å². The van der Waals surface area contributed by atoms with Crippen molar-refractivity contribution in [3.05, 3.63) is 0 Å². The van der Waals surface area contributed by atoms with Gasteiger partial charge in [0.2, 0.25) is 0 Å². The van der Waals surface area contributed by atoms with Crippen LogP contribution in [0.3, 0.4) is 0 Å². The van der Waals surface area contributed by atoms with E-state index in [2.05, 4.69) is 18.3 Å². The van der Waals surface area contributed by atoms with Gasteiger partial charge in [-0.15, -0.1) is 0 Å². The zero-order valence-corrected chi connectivity index (χ0v) is 6.48. The molecule has 1 rings (SSSR count). The van der Waals surface area contributed by atoms with E-state index in [1.165, 1.54) is 12.8 Å². The third-order valence-corrected chi connectivity index (χ3v) is 2.07. The first-order valence-corrected chi connectivity index (χ1v) is 3.84. The number of nitriles is 1. The molecule has 0 radical (unpaired) electrons. The van der Waals surface area contributed by atoms with E-state index in [1.54, 1.807) is 0 Å². The van der Waals surface area contributed by atoms with Crippen molar-refractivity contribution in [1.29, 1.82) is 5.26 Å². The maximum atomic E-state index is 8.22. The molecule has 56 valence electrons. The second kappa shape index (κ2) is 3.03. The first-order valence-electron chi connectivity index (χ1n) is 3.84. The molecule has 1 aliphatic carbocycles. The van der Waals surface area contributed by atoms with E-state index in [-0.39, 0.29) is 0 Å². The van der Waals surface area contributed by atoms with Crippen LogP contribution in [0, 0.1) is 16.7 Å². The van der Waals surface area contributed by atoms with Crippen LogP contribution < -0.4 is 5.32 Å². The second-order valence-electron chi connectivity index (χ2n) is 3.40. The molecule has 0 atom stereocenters. The zero-order valence-electron chi connectivity index (χ0n) is 6.48. The minimum atomic E-state index is 0.579. The third-order valence-electron chi connectivity index (χ3n) is 2.07. The Bertz CT molecular complexity index is 142. The molecule has 1 saturated carbocycles. The van der Waals surface area contributed by atoms with Crippen LogP contribution >= 0.6 is 0 Å². The molecule has 0 spiro atoms. The van der Waals surface area contributed by atoms with Gasteiger partial charge in [0.1, 0.15) is 0 Å². The SMILES string of the molecule is CC1(CNCCC#N)CC1. The number of hydrogen-bond donors (Lipinski definition) is 1. The molecule has 0 unspecified atom stereocenters. The molecule has 1 fully saturated rings. The first kappa shape index (κ1) is 7.56. The summed E-state index contributed by atoms with van der Waals surface area (Å²) in [6.45, 7) is 4.23. The Morgan fingerprint density at radius 3 is 2.80 bits per heavy atom. The molecule has 0 saturated heterocycles. The Morgan fingerprint density at radius 2 is 2.30 bits per heavy atom. The molecule has 2 heteroatoms. The number of nitrogens with one attached hydrogen (secondary N) is 1. The van der Waals surface area contributed by atoms with Crippen molar-refractivity contribution in [3.8, 4) is 6.07 Å². The number of rotatable bonds is 4. The highest BCUT2D eigenvalue weighted by Crippen LogP contribution is 2.43. The Balaban J connectivity index is 1.92. The van der Waals surface area contributed by atoms with E-state index < -0.39 is 0 Å². The maximum Gasteiger partial charge on any atom is 0.0635 e. The standard InChI is InChI=1S/C8H14N2/c1-8(3-4-8)7-10-6-2-5-9/h10H,2-4,6-7H2,1H3. The average molecular weight is 138 g/mol. The van der Waals surface area contributed by atoms with Crippen molar-refractivity contribution in [3.63, 3.8) is 0 Å². The molecule has 2 nitrogen and oxygen atoms in total. The fraction of sp³-hybridized carbons (Fsp3) is 0.875. The van der Waals surface area contributed by atoms with Gasteiger partial charge >= 0.3 is 0 Å². The van der Waals surface area contributed by atoms with E-state index in [0.717, 1.165) is 13.1 Å². The Hall–Kier alpha value is -0.550. The van der Waals surface area contributed by atoms with Gasteiger partial charge in [-0.25, -0.2) is 0 Å². The van der Waals surface area contributed by atoms with Crippen LogP contribution in [0.25, 0.3) is 0 Å². The van der Waals surface area contributed by atoms with Crippen molar-refractivity contribution in [2.75, 3.05) is 13.1 Å². The van der Waals surface area contributed by atoms with E-state index >= 15 is 0 Å². The smallest absolute Gasteiger partial charge is 0.0635 e. The lowest BCUT2D eigenvalue weighted by Gasteiger charge is -2.07. The van der Waals surface area contributed by atoms with Gasteiger partial charge in [0.25, 0.3) is 0 Å². The van der Waals surface area contributed by atoms with Crippen LogP contribution in [0.5, 0.6) is 0 Å². The topological polar surface area (TPSA) is 35.8 Å². The summed E-state index contributed by atoms with van der Waals surface area (Å²) in [4.78, 5) is 0. The molecule has 1 aliphatic rings. The van der Waals surface area contributed by atoms with Gasteiger partial charge in [0.05, 0.1) is 6.07 Å². The van der Waals surface area contributed by atoms with E-state index in [1.807, 2.05) is 0 Å². The van der Waals surface area contributed by atoms with Crippen LogP contribution in [-0.2, 0) is 0 Å². The minimum absolute atomic E-state index is 0.579. The molecule has 0 heterocycles. The van der Waals surface area contributed by atoms with Crippen LogP contribution in [0.1, 0.15) is 26.2 Å². The van der Waals surface area contributed by atoms with Crippen molar-refractivity contribution in [2.45, 2.75) is 26.2 Å². The van der Waals surface area contributed by atoms with E-state index in [0.29, 0.717) is 11.8 Å².